The van der Waals surface area contributed by atoms with Gasteiger partial charge < -0.3 is 14.5 Å². The summed E-state index contributed by atoms with van der Waals surface area (Å²) in [5.74, 6) is -0.773. The Morgan fingerprint density at radius 3 is 2.31 bits per heavy atom. The van der Waals surface area contributed by atoms with Crippen molar-refractivity contribution in [3.8, 4) is 5.75 Å². The van der Waals surface area contributed by atoms with Crippen LogP contribution in [0.1, 0.15) is 13.3 Å². The van der Waals surface area contributed by atoms with Crippen molar-refractivity contribution in [1.82, 2.24) is 4.90 Å². The number of carbonyl (C=O) groups excluding carboxylic acids is 1. The van der Waals surface area contributed by atoms with Gasteiger partial charge >= 0.3 is 0 Å². The number of hydrogen-bond donors (Lipinski definition) is 0. The van der Waals surface area contributed by atoms with Gasteiger partial charge in [0.1, 0.15) is 5.82 Å². The van der Waals surface area contributed by atoms with Gasteiger partial charge in [0.05, 0.1) is 0 Å². The van der Waals surface area contributed by atoms with Crippen molar-refractivity contribution in [3.05, 3.63) is 60.2 Å². The fourth-order valence-corrected chi connectivity index (χ4v) is 3.04. The van der Waals surface area contributed by atoms with Crippen molar-refractivity contribution in [3.63, 3.8) is 0 Å². The summed E-state index contributed by atoms with van der Waals surface area (Å²) in [5, 5.41) is 0. The number of hydrogen-bond acceptors (Lipinski definition) is 3. The van der Waals surface area contributed by atoms with Gasteiger partial charge in [0.25, 0.3) is 5.91 Å². The second-order valence-corrected chi connectivity index (χ2v) is 6.23. The second-order valence-electron chi connectivity index (χ2n) is 6.23. The summed E-state index contributed by atoms with van der Waals surface area (Å²) in [7, 11) is 0. The lowest BCUT2D eigenvalue weighted by molar-refractivity contribution is -0.139. The fourth-order valence-electron chi connectivity index (χ4n) is 3.04. The van der Waals surface area contributed by atoms with Gasteiger partial charge in [0, 0.05) is 31.9 Å². The molecule has 0 unspecified atom stereocenters. The summed E-state index contributed by atoms with van der Waals surface area (Å²) in [6.45, 7) is 4.26. The van der Waals surface area contributed by atoms with E-state index in [4.69, 9.17) is 4.74 Å². The van der Waals surface area contributed by atoms with E-state index < -0.39 is 11.9 Å². The quantitative estimate of drug-likeness (QED) is 0.819. The van der Waals surface area contributed by atoms with E-state index in [-0.39, 0.29) is 17.5 Å². The number of halogens is 2. The molecule has 1 heterocycles. The highest BCUT2D eigenvalue weighted by Crippen LogP contribution is 2.21. The van der Waals surface area contributed by atoms with Crippen LogP contribution in [0, 0.1) is 11.6 Å². The zero-order valence-electron chi connectivity index (χ0n) is 14.7. The van der Waals surface area contributed by atoms with Crippen LogP contribution in [0.25, 0.3) is 0 Å². The van der Waals surface area contributed by atoms with Crippen molar-refractivity contribution in [1.29, 1.82) is 0 Å². The van der Waals surface area contributed by atoms with Gasteiger partial charge in [-0.15, -0.1) is 0 Å². The molecule has 1 amide bonds. The maximum atomic E-state index is 13.8. The van der Waals surface area contributed by atoms with E-state index in [0.29, 0.717) is 32.6 Å². The molecule has 1 atom stereocenters. The fraction of sp³-hybridized carbons (Fsp3) is 0.350. The third kappa shape index (κ3) is 4.12. The molecule has 0 spiro atoms. The van der Waals surface area contributed by atoms with E-state index in [1.807, 2.05) is 6.92 Å². The van der Waals surface area contributed by atoms with Crippen LogP contribution in [0.4, 0.5) is 14.5 Å². The minimum absolute atomic E-state index is 0.0950. The molecule has 0 aliphatic carbocycles. The number of amides is 1. The van der Waals surface area contributed by atoms with Crippen LogP contribution < -0.4 is 9.64 Å². The Kier molecular flexibility index (Phi) is 5.71. The summed E-state index contributed by atoms with van der Waals surface area (Å²) in [6.07, 6.45) is -0.241. The van der Waals surface area contributed by atoms with Crippen LogP contribution >= 0.6 is 0 Å². The minimum atomic E-state index is -0.704. The highest BCUT2D eigenvalue weighted by Gasteiger charge is 2.28. The number of nitrogens with zero attached hydrogens (tertiary/aromatic N) is 2. The molecule has 0 radical (unpaired) electrons. The predicted molar refractivity (Wildman–Crippen MR) is 96.3 cm³/mol. The topological polar surface area (TPSA) is 32.8 Å². The summed E-state index contributed by atoms with van der Waals surface area (Å²) in [6, 6.07) is 12.4. The molecule has 2 aromatic carbocycles. The molecule has 0 N–H and O–H groups in total. The van der Waals surface area contributed by atoms with Crippen LogP contribution in [-0.4, -0.2) is 43.1 Å². The Morgan fingerprint density at radius 2 is 1.69 bits per heavy atom. The van der Waals surface area contributed by atoms with Crippen LogP contribution in [0.2, 0.25) is 0 Å². The first-order chi connectivity index (χ1) is 12.6. The van der Waals surface area contributed by atoms with E-state index in [2.05, 4.69) is 4.90 Å². The second kappa shape index (κ2) is 8.17. The maximum absolute atomic E-state index is 13.8. The van der Waals surface area contributed by atoms with Gasteiger partial charge in [0.2, 0.25) is 0 Å². The Morgan fingerprint density at radius 1 is 1.04 bits per heavy atom. The predicted octanol–water partition coefficient (Wildman–Crippen LogP) is 3.47. The zero-order chi connectivity index (χ0) is 18.5. The third-order valence-electron chi connectivity index (χ3n) is 4.54. The Balaban J connectivity index is 1.59. The molecule has 0 bridgehead atoms. The van der Waals surface area contributed by atoms with Crippen molar-refractivity contribution >= 4 is 11.6 Å². The Bertz CT molecular complexity index is 744. The standard InChI is InChI=1S/C20H22F2N2O2/c1-2-18(26-19-6-4-3-5-17(19)22)20(25)24-13-11-23(12-14-24)16-9-7-15(21)8-10-16/h3-10,18H,2,11-14H2,1H3/t18-/m0/s1. The molecular formula is C20H22F2N2O2. The molecule has 138 valence electrons. The molecule has 2 aromatic rings. The molecule has 26 heavy (non-hydrogen) atoms. The number of piperazine rings is 1. The minimum Gasteiger partial charge on any atom is -0.478 e. The molecule has 1 fully saturated rings. The van der Waals surface area contributed by atoms with Gasteiger partial charge in [0.15, 0.2) is 17.7 Å². The highest BCUT2D eigenvalue weighted by molar-refractivity contribution is 5.81. The zero-order valence-corrected chi connectivity index (χ0v) is 14.7. The molecule has 1 aliphatic heterocycles. The number of ether oxygens (including phenoxy) is 1. The van der Waals surface area contributed by atoms with Crippen molar-refractivity contribution in [2.75, 3.05) is 31.1 Å². The number of rotatable bonds is 5. The van der Waals surface area contributed by atoms with E-state index in [9.17, 15) is 13.6 Å². The first-order valence-corrected chi connectivity index (χ1v) is 8.79. The normalized spacial score (nSPS) is 15.7. The average molecular weight is 360 g/mol. The molecule has 1 aliphatic rings. The smallest absolute Gasteiger partial charge is 0.263 e. The highest BCUT2D eigenvalue weighted by atomic mass is 19.1. The van der Waals surface area contributed by atoms with Gasteiger partial charge in [-0.2, -0.15) is 0 Å². The van der Waals surface area contributed by atoms with Crippen LogP contribution in [0.3, 0.4) is 0 Å². The van der Waals surface area contributed by atoms with Crippen LogP contribution in [0.15, 0.2) is 48.5 Å². The summed E-state index contributed by atoms with van der Waals surface area (Å²) >= 11 is 0. The molecule has 3 rings (SSSR count). The number of benzene rings is 2. The van der Waals surface area contributed by atoms with Crippen molar-refractivity contribution < 1.29 is 18.3 Å². The summed E-state index contributed by atoms with van der Waals surface area (Å²) < 4.78 is 32.4. The van der Waals surface area contributed by atoms with E-state index >= 15 is 0 Å². The largest absolute Gasteiger partial charge is 0.478 e. The number of para-hydroxylation sites is 1. The van der Waals surface area contributed by atoms with Crippen molar-refractivity contribution in [2.45, 2.75) is 19.4 Å². The van der Waals surface area contributed by atoms with Crippen molar-refractivity contribution in [2.24, 2.45) is 0 Å². The van der Waals surface area contributed by atoms with Gasteiger partial charge in [-0.3, -0.25) is 4.79 Å². The summed E-state index contributed by atoms with van der Waals surface area (Å²) in [5.41, 5.74) is 0.938. The number of carbonyl (C=O) groups is 1. The lowest BCUT2D eigenvalue weighted by atomic mass is 10.2. The molecular weight excluding hydrogens is 338 g/mol. The van der Waals surface area contributed by atoms with Crippen LogP contribution in [-0.2, 0) is 4.79 Å². The Hall–Kier alpha value is -2.63. The van der Waals surface area contributed by atoms with Crippen LogP contribution in [0.5, 0.6) is 5.75 Å². The van der Waals surface area contributed by atoms with E-state index in [1.54, 1.807) is 29.2 Å². The van der Waals surface area contributed by atoms with Gasteiger partial charge in [-0.25, -0.2) is 8.78 Å². The molecule has 4 nitrogen and oxygen atoms in total. The third-order valence-corrected chi connectivity index (χ3v) is 4.54. The SMILES string of the molecule is CC[C@H](Oc1ccccc1F)C(=O)N1CCN(c2ccc(F)cc2)CC1. The molecule has 6 heteroatoms. The van der Waals surface area contributed by atoms with E-state index in [1.165, 1.54) is 24.3 Å². The maximum Gasteiger partial charge on any atom is 0.263 e. The monoisotopic (exact) mass is 360 g/mol. The van der Waals surface area contributed by atoms with Gasteiger partial charge in [-0.1, -0.05) is 19.1 Å². The lowest BCUT2D eigenvalue weighted by Crippen LogP contribution is -2.52. The Labute approximate surface area is 152 Å². The summed E-state index contributed by atoms with van der Waals surface area (Å²) in [4.78, 5) is 16.6. The molecule has 0 saturated carbocycles. The lowest BCUT2D eigenvalue weighted by Gasteiger charge is -2.37. The number of anilines is 1. The first kappa shape index (κ1) is 18.2. The average Bonchev–Trinajstić information content (AvgIpc) is 2.68. The van der Waals surface area contributed by atoms with Gasteiger partial charge in [-0.05, 0) is 42.8 Å². The molecule has 1 saturated heterocycles. The molecule has 0 aromatic heterocycles. The first-order valence-electron chi connectivity index (χ1n) is 8.79. The van der Waals surface area contributed by atoms with E-state index in [0.717, 1.165) is 5.69 Å².